The standard InChI is InChI=1S/C52H56N10O7/c1-29-21-30(31-14-17-58(26-31)35-9-10-37-38(23-35)49(67)62(48(37)66)41-11-12-44(64)56-47(41)65)15-18-59(29)34-7-5-33(6-8-34)54-45-51(69)57(4)27-40(55-45)36-13-16-53-46(39(36)28-63)61-20-19-60-42(50(61)68)22-32-24-52(2,3)25-43(32)60/h5-10,13,16,22-23,27,29-31,41,63H,11-12,14-15,17-21,24-26,28H2,1-4H3,(H,54,55)(H,56,64,65)/t29-,30?,31+,41?/m0/s1. The van der Waals surface area contributed by atoms with Crippen molar-refractivity contribution < 1.29 is 29.1 Å². The number of anilines is 5. The van der Waals surface area contributed by atoms with Crippen LogP contribution in [0.25, 0.3) is 11.3 Å². The van der Waals surface area contributed by atoms with Crippen LogP contribution in [0.1, 0.15) is 101 Å². The molecule has 5 aromatic rings. The first-order valence-electron chi connectivity index (χ1n) is 24.1. The third kappa shape index (κ3) is 7.66. The van der Waals surface area contributed by atoms with E-state index in [2.05, 4.69) is 62.9 Å². The normalized spacial score (nSPS) is 23.1. The Bertz CT molecular complexity index is 3050. The molecule has 17 nitrogen and oxygen atoms in total. The number of piperidine rings is 2. The molecule has 8 heterocycles. The van der Waals surface area contributed by atoms with E-state index >= 15 is 0 Å². The third-order valence-corrected chi connectivity index (χ3v) is 15.5. The molecular formula is C52H56N10O7. The Hall–Kier alpha value is -7.14. The number of carbonyl (C=O) groups excluding carboxylic acids is 5. The van der Waals surface area contributed by atoms with Crippen LogP contribution in [0, 0.1) is 17.3 Å². The molecule has 6 aliphatic rings. The Kier molecular flexibility index (Phi) is 10.8. The molecule has 0 spiro atoms. The fourth-order valence-electron chi connectivity index (χ4n) is 12.0. The van der Waals surface area contributed by atoms with E-state index in [1.165, 1.54) is 15.8 Å². The summed E-state index contributed by atoms with van der Waals surface area (Å²) < 4.78 is 3.61. The summed E-state index contributed by atoms with van der Waals surface area (Å²) in [5.41, 5.74) is 7.71. The molecule has 4 atom stereocenters. The lowest BCUT2D eigenvalue weighted by Gasteiger charge is -2.41. The summed E-state index contributed by atoms with van der Waals surface area (Å²) >= 11 is 0. The van der Waals surface area contributed by atoms with Crippen LogP contribution in [0.2, 0.25) is 0 Å². The highest BCUT2D eigenvalue weighted by atomic mass is 16.3. The highest BCUT2D eigenvalue weighted by Gasteiger charge is 2.45. The van der Waals surface area contributed by atoms with Crippen molar-refractivity contribution in [1.29, 1.82) is 0 Å². The van der Waals surface area contributed by atoms with Gasteiger partial charge in [-0.2, -0.15) is 0 Å². The summed E-state index contributed by atoms with van der Waals surface area (Å²) in [6.45, 7) is 10.0. The number of nitrogens with one attached hydrogen (secondary N) is 2. The van der Waals surface area contributed by atoms with Gasteiger partial charge in [-0.3, -0.25) is 43.9 Å². The molecule has 0 bridgehead atoms. The van der Waals surface area contributed by atoms with Crippen LogP contribution in [0.4, 0.5) is 28.7 Å². The van der Waals surface area contributed by atoms with Gasteiger partial charge < -0.3 is 29.4 Å². The minimum absolute atomic E-state index is 0.0791. The summed E-state index contributed by atoms with van der Waals surface area (Å²) in [6.07, 6.45) is 8.39. The molecule has 11 rings (SSSR count). The number of imide groups is 2. The molecule has 17 heteroatoms. The number of amides is 5. The van der Waals surface area contributed by atoms with Crippen molar-refractivity contribution in [3.8, 4) is 11.3 Å². The number of aliphatic hydroxyl groups excluding tert-OH is 1. The van der Waals surface area contributed by atoms with Gasteiger partial charge >= 0.3 is 0 Å². The monoisotopic (exact) mass is 932 g/mol. The Morgan fingerprint density at radius 3 is 2.36 bits per heavy atom. The van der Waals surface area contributed by atoms with Crippen molar-refractivity contribution in [3.05, 3.63) is 111 Å². The van der Waals surface area contributed by atoms with Crippen molar-refractivity contribution >= 4 is 58.2 Å². The highest BCUT2D eigenvalue weighted by Crippen LogP contribution is 2.42. The van der Waals surface area contributed by atoms with Crippen LogP contribution < -0.4 is 30.9 Å². The van der Waals surface area contributed by atoms with Crippen LogP contribution in [0.15, 0.2) is 71.8 Å². The molecule has 69 heavy (non-hydrogen) atoms. The van der Waals surface area contributed by atoms with E-state index < -0.39 is 29.7 Å². The molecule has 2 aromatic carbocycles. The smallest absolute Gasteiger partial charge is 0.293 e. The van der Waals surface area contributed by atoms with Crippen molar-refractivity contribution in [2.75, 3.05) is 46.2 Å². The number of hydrogen-bond donors (Lipinski definition) is 3. The van der Waals surface area contributed by atoms with Crippen molar-refractivity contribution in [2.24, 2.45) is 24.3 Å². The zero-order valence-electron chi connectivity index (χ0n) is 39.3. The van der Waals surface area contributed by atoms with Gasteiger partial charge in [-0.25, -0.2) is 9.97 Å². The van der Waals surface area contributed by atoms with Gasteiger partial charge in [0.1, 0.15) is 17.6 Å². The predicted molar refractivity (Wildman–Crippen MR) is 259 cm³/mol. The topological polar surface area (TPSA) is 195 Å². The van der Waals surface area contributed by atoms with Crippen molar-refractivity contribution in [3.63, 3.8) is 0 Å². The van der Waals surface area contributed by atoms with E-state index in [4.69, 9.17) is 4.98 Å². The minimum Gasteiger partial charge on any atom is -0.392 e. The summed E-state index contributed by atoms with van der Waals surface area (Å²) in [5.74, 6) is -0.663. The molecule has 5 aliphatic heterocycles. The molecule has 3 saturated heterocycles. The van der Waals surface area contributed by atoms with Crippen LogP contribution >= 0.6 is 0 Å². The van der Waals surface area contributed by atoms with E-state index in [1.807, 2.05) is 24.3 Å². The summed E-state index contributed by atoms with van der Waals surface area (Å²) in [5, 5.41) is 16.3. The lowest BCUT2D eigenvalue weighted by molar-refractivity contribution is -0.136. The fourth-order valence-corrected chi connectivity index (χ4v) is 12.0. The lowest BCUT2D eigenvalue weighted by atomic mass is 9.81. The molecule has 2 unspecified atom stereocenters. The first kappa shape index (κ1) is 44.4. The average Bonchev–Trinajstić information content (AvgIpc) is 4.09. The summed E-state index contributed by atoms with van der Waals surface area (Å²) in [7, 11) is 1.66. The maximum Gasteiger partial charge on any atom is 0.293 e. The molecule has 3 aromatic heterocycles. The maximum absolute atomic E-state index is 14.0. The van der Waals surface area contributed by atoms with Gasteiger partial charge in [0, 0.05) is 98.5 Å². The third-order valence-electron chi connectivity index (χ3n) is 15.5. The van der Waals surface area contributed by atoms with E-state index in [-0.39, 0.29) is 53.8 Å². The molecule has 0 radical (unpaired) electrons. The second kappa shape index (κ2) is 16.8. The number of aryl methyl sites for hydroxylation is 1. The Morgan fingerprint density at radius 1 is 0.826 bits per heavy atom. The van der Waals surface area contributed by atoms with Gasteiger partial charge in [-0.15, -0.1) is 0 Å². The number of aromatic nitrogens is 4. The first-order valence-corrected chi connectivity index (χ1v) is 24.1. The number of pyridine rings is 1. The number of carbonyl (C=O) groups is 5. The molecule has 5 amide bonds. The Labute approximate surface area is 399 Å². The largest absolute Gasteiger partial charge is 0.392 e. The highest BCUT2D eigenvalue weighted by molar-refractivity contribution is 6.23. The number of fused-ring (bicyclic) bond motifs is 4. The SMILES string of the molecule is C[C@H]1CC([C@@H]2CCN(c3ccc4c(c3)C(=O)N(C3CCC(=O)NC3=O)C4=O)C2)CCN1c1ccc(Nc2nc(-c3ccnc(N4CCn5c(cc6c5CC(C)(C)C6)C4=O)c3CO)cn(C)c2=O)cc1. The van der Waals surface area contributed by atoms with Gasteiger partial charge in [-0.1, -0.05) is 13.8 Å². The Balaban J connectivity index is 0.735. The van der Waals surface area contributed by atoms with E-state index in [9.17, 15) is 33.9 Å². The predicted octanol–water partition coefficient (Wildman–Crippen LogP) is 5.20. The molecule has 356 valence electrons. The van der Waals surface area contributed by atoms with Crippen molar-refractivity contribution in [1.82, 2.24) is 29.3 Å². The zero-order valence-corrected chi connectivity index (χ0v) is 39.3. The summed E-state index contributed by atoms with van der Waals surface area (Å²) in [4.78, 5) is 95.3. The van der Waals surface area contributed by atoms with Gasteiger partial charge in [0.25, 0.3) is 23.3 Å². The molecule has 3 N–H and O–H groups in total. The van der Waals surface area contributed by atoms with E-state index in [0.717, 1.165) is 68.0 Å². The lowest BCUT2D eigenvalue weighted by Crippen LogP contribution is -2.54. The van der Waals surface area contributed by atoms with Gasteiger partial charge in [0.15, 0.2) is 5.82 Å². The minimum atomic E-state index is -0.992. The van der Waals surface area contributed by atoms with Crippen LogP contribution in [0.3, 0.4) is 0 Å². The summed E-state index contributed by atoms with van der Waals surface area (Å²) in [6, 6.07) is 16.5. The number of rotatable bonds is 9. The second-order valence-electron chi connectivity index (χ2n) is 20.5. The average molecular weight is 933 g/mol. The molecular weight excluding hydrogens is 877 g/mol. The number of nitrogens with zero attached hydrogens (tertiary/aromatic N) is 8. The van der Waals surface area contributed by atoms with E-state index in [0.29, 0.717) is 64.5 Å². The van der Waals surface area contributed by atoms with E-state index in [1.54, 1.807) is 42.5 Å². The van der Waals surface area contributed by atoms with Crippen LogP contribution in [0.5, 0.6) is 0 Å². The number of aliphatic hydroxyl groups is 1. The van der Waals surface area contributed by atoms with Gasteiger partial charge in [0.05, 0.1) is 23.4 Å². The van der Waals surface area contributed by atoms with Crippen LogP contribution in [-0.2, 0) is 42.6 Å². The zero-order chi connectivity index (χ0) is 48.0. The van der Waals surface area contributed by atoms with Crippen LogP contribution in [-0.4, -0.2) is 96.9 Å². The number of benzene rings is 2. The molecule has 1 aliphatic carbocycles. The second-order valence-corrected chi connectivity index (χ2v) is 20.5. The Morgan fingerprint density at radius 2 is 1.59 bits per heavy atom. The maximum atomic E-state index is 14.0. The van der Waals surface area contributed by atoms with Gasteiger partial charge in [-0.05, 0) is 123 Å². The quantitative estimate of drug-likeness (QED) is 0.164. The van der Waals surface area contributed by atoms with Gasteiger partial charge in [0.2, 0.25) is 11.8 Å². The number of hydrogen-bond acceptors (Lipinski definition) is 12. The first-order chi connectivity index (χ1) is 33.2. The fraction of sp³-hybridized carbons (Fsp3) is 0.423. The molecule has 3 fully saturated rings. The van der Waals surface area contributed by atoms with Crippen molar-refractivity contribution in [2.45, 2.75) is 91.0 Å². The molecule has 0 saturated carbocycles.